The highest BCUT2D eigenvalue weighted by Crippen LogP contribution is 2.25. The molecule has 0 saturated carbocycles. The molecule has 1 aliphatic rings. The van der Waals surface area contributed by atoms with E-state index in [2.05, 4.69) is 47.6 Å². The third-order valence-corrected chi connectivity index (χ3v) is 5.25. The number of imidazole rings is 1. The standard InChI is InChI=1S/C22H23N7O/c30-21-4-2-17(13-25-21)16-1-3-18-19(12-16)27-22(26-18)28-20-11-15(5-6-24-20)14-29-9-7-23-8-10-29/h1-6,11-13,23H,7-10,14H2,(H,25,30)(H2,24,26,27,28). The molecule has 3 aromatic heterocycles. The molecule has 152 valence electrons. The molecule has 1 aromatic carbocycles. The molecule has 8 nitrogen and oxygen atoms in total. The second kappa shape index (κ2) is 8.10. The van der Waals surface area contributed by atoms with Crippen molar-refractivity contribution in [3.63, 3.8) is 0 Å². The fraction of sp³-hybridized carbons (Fsp3) is 0.227. The van der Waals surface area contributed by atoms with Crippen LogP contribution in [-0.4, -0.2) is 56.1 Å². The number of anilines is 2. The Morgan fingerprint density at radius 3 is 2.70 bits per heavy atom. The van der Waals surface area contributed by atoms with Crippen molar-refractivity contribution in [2.45, 2.75) is 6.54 Å². The average Bonchev–Trinajstić information content (AvgIpc) is 3.16. The summed E-state index contributed by atoms with van der Waals surface area (Å²) in [6.45, 7) is 5.12. The van der Waals surface area contributed by atoms with Gasteiger partial charge >= 0.3 is 0 Å². The number of piperazine rings is 1. The van der Waals surface area contributed by atoms with Crippen LogP contribution in [0.1, 0.15) is 5.56 Å². The van der Waals surface area contributed by atoms with Gasteiger partial charge in [-0.25, -0.2) is 15.0 Å². The first-order valence-corrected chi connectivity index (χ1v) is 10.0. The van der Waals surface area contributed by atoms with Gasteiger partial charge in [-0.15, -0.1) is 0 Å². The van der Waals surface area contributed by atoms with Crippen molar-refractivity contribution in [2.75, 3.05) is 31.5 Å². The van der Waals surface area contributed by atoms with Crippen molar-refractivity contribution in [3.8, 4) is 17.0 Å². The van der Waals surface area contributed by atoms with Crippen LogP contribution in [0, 0.1) is 0 Å². The van der Waals surface area contributed by atoms with Gasteiger partial charge in [0.1, 0.15) is 5.82 Å². The van der Waals surface area contributed by atoms with Crippen LogP contribution in [0.15, 0.2) is 54.9 Å². The molecule has 30 heavy (non-hydrogen) atoms. The van der Waals surface area contributed by atoms with E-state index in [-0.39, 0.29) is 5.88 Å². The molecule has 4 heterocycles. The zero-order chi connectivity index (χ0) is 20.3. The Balaban J connectivity index is 1.34. The smallest absolute Gasteiger partial charge is 0.210 e. The molecule has 1 aliphatic heterocycles. The molecule has 0 amide bonds. The van der Waals surface area contributed by atoms with Crippen molar-refractivity contribution < 1.29 is 5.11 Å². The van der Waals surface area contributed by atoms with Gasteiger partial charge in [-0.05, 0) is 41.5 Å². The maximum atomic E-state index is 9.38. The minimum atomic E-state index is 0.0135. The number of aromatic nitrogens is 4. The number of nitrogens with one attached hydrogen (secondary N) is 3. The number of pyridine rings is 2. The fourth-order valence-corrected chi connectivity index (χ4v) is 3.69. The van der Waals surface area contributed by atoms with Gasteiger partial charge in [-0.2, -0.15) is 0 Å². The van der Waals surface area contributed by atoms with Crippen LogP contribution < -0.4 is 10.6 Å². The summed E-state index contributed by atoms with van der Waals surface area (Å²) in [4.78, 5) is 18.8. The van der Waals surface area contributed by atoms with Gasteiger partial charge in [0.05, 0.1) is 11.0 Å². The van der Waals surface area contributed by atoms with E-state index < -0.39 is 0 Å². The number of rotatable bonds is 5. The van der Waals surface area contributed by atoms with Crippen molar-refractivity contribution in [1.29, 1.82) is 0 Å². The number of hydrogen-bond acceptors (Lipinski definition) is 7. The second-order valence-corrected chi connectivity index (χ2v) is 7.42. The van der Waals surface area contributed by atoms with E-state index in [9.17, 15) is 5.11 Å². The first kappa shape index (κ1) is 18.5. The first-order valence-electron chi connectivity index (χ1n) is 10.0. The summed E-state index contributed by atoms with van der Waals surface area (Å²) in [7, 11) is 0. The summed E-state index contributed by atoms with van der Waals surface area (Å²) in [6, 6.07) is 13.5. The van der Waals surface area contributed by atoms with E-state index in [0.717, 1.165) is 60.7 Å². The number of nitrogens with zero attached hydrogens (tertiary/aromatic N) is 4. The van der Waals surface area contributed by atoms with Crippen LogP contribution in [0.2, 0.25) is 0 Å². The molecule has 4 aromatic rings. The molecule has 5 rings (SSSR count). The van der Waals surface area contributed by atoms with Gasteiger partial charge in [0.25, 0.3) is 0 Å². The van der Waals surface area contributed by atoms with Gasteiger partial charge < -0.3 is 20.7 Å². The number of hydrogen-bond donors (Lipinski definition) is 4. The monoisotopic (exact) mass is 401 g/mol. The number of benzene rings is 1. The molecule has 0 atom stereocenters. The Morgan fingerprint density at radius 1 is 1.00 bits per heavy atom. The first-order chi connectivity index (χ1) is 14.7. The number of aromatic amines is 1. The van der Waals surface area contributed by atoms with Crippen LogP contribution in [0.25, 0.3) is 22.2 Å². The zero-order valence-corrected chi connectivity index (χ0v) is 16.5. The number of H-pyrrole nitrogens is 1. The molecular weight excluding hydrogens is 378 g/mol. The average molecular weight is 401 g/mol. The van der Waals surface area contributed by atoms with E-state index >= 15 is 0 Å². The summed E-state index contributed by atoms with van der Waals surface area (Å²) in [5.74, 6) is 1.43. The molecule has 1 saturated heterocycles. The van der Waals surface area contributed by atoms with Gasteiger partial charge in [-0.1, -0.05) is 6.07 Å². The quantitative estimate of drug-likeness (QED) is 0.408. The van der Waals surface area contributed by atoms with Crippen molar-refractivity contribution in [3.05, 3.63) is 60.4 Å². The van der Waals surface area contributed by atoms with E-state index in [1.165, 1.54) is 5.56 Å². The molecule has 0 aliphatic carbocycles. The second-order valence-electron chi connectivity index (χ2n) is 7.42. The SMILES string of the molecule is Oc1ccc(-c2ccc3nc(Nc4cc(CN5CCNCC5)ccn4)[nH]c3c2)cn1. The van der Waals surface area contributed by atoms with Crippen LogP contribution in [0.3, 0.4) is 0 Å². The molecule has 4 N–H and O–H groups in total. The maximum Gasteiger partial charge on any atom is 0.210 e. The predicted molar refractivity (Wildman–Crippen MR) is 117 cm³/mol. The molecular formula is C22H23N7O. The highest BCUT2D eigenvalue weighted by Gasteiger charge is 2.11. The fourth-order valence-electron chi connectivity index (χ4n) is 3.69. The zero-order valence-electron chi connectivity index (χ0n) is 16.5. The van der Waals surface area contributed by atoms with Crippen molar-refractivity contribution in [1.82, 2.24) is 30.2 Å². The highest BCUT2D eigenvalue weighted by molar-refractivity contribution is 5.83. The predicted octanol–water partition coefficient (Wildman–Crippen LogP) is 2.87. The molecule has 0 unspecified atom stereocenters. The Morgan fingerprint density at radius 2 is 1.87 bits per heavy atom. The molecule has 8 heteroatoms. The summed E-state index contributed by atoms with van der Waals surface area (Å²) in [5, 5.41) is 16.0. The molecule has 0 radical (unpaired) electrons. The van der Waals surface area contributed by atoms with Crippen LogP contribution in [0.5, 0.6) is 5.88 Å². The van der Waals surface area contributed by atoms with E-state index in [1.807, 2.05) is 30.5 Å². The minimum absolute atomic E-state index is 0.0135. The number of fused-ring (bicyclic) bond motifs is 1. The lowest BCUT2D eigenvalue weighted by molar-refractivity contribution is 0.233. The minimum Gasteiger partial charge on any atom is -0.493 e. The summed E-state index contributed by atoms with van der Waals surface area (Å²) in [6.07, 6.45) is 3.48. The van der Waals surface area contributed by atoms with Crippen LogP contribution in [0.4, 0.5) is 11.8 Å². The lowest BCUT2D eigenvalue weighted by Gasteiger charge is -2.27. The lowest BCUT2D eigenvalue weighted by Crippen LogP contribution is -2.42. The molecule has 1 fully saturated rings. The summed E-state index contributed by atoms with van der Waals surface area (Å²) in [5.41, 5.74) is 4.94. The molecule has 0 spiro atoms. The Hall–Kier alpha value is -3.49. The van der Waals surface area contributed by atoms with Gasteiger partial charge in [0.15, 0.2) is 0 Å². The van der Waals surface area contributed by atoms with Crippen LogP contribution >= 0.6 is 0 Å². The lowest BCUT2D eigenvalue weighted by atomic mass is 10.1. The van der Waals surface area contributed by atoms with Gasteiger partial charge in [0.2, 0.25) is 11.8 Å². The van der Waals surface area contributed by atoms with E-state index in [1.54, 1.807) is 12.3 Å². The normalized spacial score (nSPS) is 14.8. The third kappa shape index (κ3) is 4.10. The third-order valence-electron chi connectivity index (χ3n) is 5.25. The van der Waals surface area contributed by atoms with E-state index in [4.69, 9.17) is 0 Å². The Bertz CT molecular complexity index is 1150. The number of aromatic hydroxyl groups is 1. The Kier molecular flexibility index (Phi) is 5.00. The highest BCUT2D eigenvalue weighted by atomic mass is 16.3. The van der Waals surface area contributed by atoms with Gasteiger partial charge in [-0.3, -0.25) is 4.90 Å². The Labute approximate surface area is 174 Å². The van der Waals surface area contributed by atoms with Crippen LogP contribution in [-0.2, 0) is 6.54 Å². The molecule has 0 bridgehead atoms. The largest absolute Gasteiger partial charge is 0.493 e. The maximum absolute atomic E-state index is 9.38. The van der Waals surface area contributed by atoms with Crippen molar-refractivity contribution in [2.24, 2.45) is 0 Å². The van der Waals surface area contributed by atoms with Gasteiger partial charge in [0, 0.05) is 56.7 Å². The topological polar surface area (TPSA) is 102 Å². The van der Waals surface area contributed by atoms with Crippen molar-refractivity contribution >= 4 is 22.8 Å². The van der Waals surface area contributed by atoms with E-state index in [0.29, 0.717) is 5.95 Å². The summed E-state index contributed by atoms with van der Waals surface area (Å²) < 4.78 is 0. The summed E-state index contributed by atoms with van der Waals surface area (Å²) >= 11 is 0.